The summed E-state index contributed by atoms with van der Waals surface area (Å²) in [5.74, 6) is -0.719. The summed E-state index contributed by atoms with van der Waals surface area (Å²) in [6, 6.07) is 8.49. The molecule has 108 valence electrons. The van der Waals surface area contributed by atoms with Crippen LogP contribution in [0.3, 0.4) is 0 Å². The van der Waals surface area contributed by atoms with Crippen LogP contribution in [0.5, 0.6) is 0 Å². The maximum atomic E-state index is 14.0. The van der Waals surface area contributed by atoms with Crippen molar-refractivity contribution < 1.29 is 13.9 Å². The Hall–Kier alpha value is -2.56. The van der Waals surface area contributed by atoms with Crippen LogP contribution in [0.15, 0.2) is 42.1 Å². The van der Waals surface area contributed by atoms with Gasteiger partial charge in [-0.1, -0.05) is 12.1 Å². The Morgan fingerprint density at radius 3 is 2.90 bits per heavy atom. The van der Waals surface area contributed by atoms with Crippen molar-refractivity contribution in [2.24, 2.45) is 0 Å². The van der Waals surface area contributed by atoms with Gasteiger partial charge in [0.15, 0.2) is 0 Å². The number of anilines is 1. The fourth-order valence-electron chi connectivity index (χ4n) is 2.44. The largest absolute Gasteiger partial charge is 0.463 e. The molecule has 2 N–H and O–H groups in total. The van der Waals surface area contributed by atoms with E-state index in [0.29, 0.717) is 30.0 Å². The first-order chi connectivity index (χ1) is 10.2. The van der Waals surface area contributed by atoms with E-state index >= 15 is 0 Å². The minimum Gasteiger partial charge on any atom is -0.463 e. The van der Waals surface area contributed by atoms with Crippen LogP contribution in [-0.4, -0.2) is 17.6 Å². The fraction of sp³-hybridized carbons (Fsp3) is 0.188. The van der Waals surface area contributed by atoms with Crippen molar-refractivity contribution in [1.82, 2.24) is 4.98 Å². The van der Waals surface area contributed by atoms with E-state index < -0.39 is 0 Å². The molecule has 0 spiro atoms. The van der Waals surface area contributed by atoms with E-state index in [2.05, 4.69) is 10.3 Å². The molecule has 3 rings (SSSR count). The minimum absolute atomic E-state index is 0.302. The first-order valence-electron chi connectivity index (χ1n) is 6.79. The molecule has 0 unspecified atom stereocenters. The number of fused-ring (bicyclic) bond motifs is 1. The number of nitrogens with one attached hydrogen (secondary N) is 2. The molecule has 0 amide bonds. The van der Waals surface area contributed by atoms with Crippen molar-refractivity contribution in [3.63, 3.8) is 0 Å². The summed E-state index contributed by atoms with van der Waals surface area (Å²) in [5.41, 5.74) is 2.95. The zero-order valence-electron chi connectivity index (χ0n) is 11.6. The molecule has 0 bridgehead atoms. The zero-order valence-corrected chi connectivity index (χ0v) is 11.6. The molecule has 1 aliphatic heterocycles. The van der Waals surface area contributed by atoms with Crippen LogP contribution in [0.2, 0.25) is 0 Å². The highest BCUT2D eigenvalue weighted by atomic mass is 19.1. The smallest absolute Gasteiger partial charge is 0.336 e. The Labute approximate surface area is 121 Å². The van der Waals surface area contributed by atoms with Crippen LogP contribution >= 0.6 is 0 Å². The van der Waals surface area contributed by atoms with Gasteiger partial charge in [0.1, 0.15) is 5.82 Å². The summed E-state index contributed by atoms with van der Waals surface area (Å²) >= 11 is 0. The first-order valence-corrected chi connectivity index (χ1v) is 6.79. The molecule has 1 aliphatic rings. The molecular formula is C16H15FN2O2. The summed E-state index contributed by atoms with van der Waals surface area (Å²) in [6.45, 7) is 2.06. The average Bonchev–Trinajstić information content (AvgIpc) is 3.01. The Bertz CT molecular complexity index is 705. The number of aromatic nitrogens is 1. The maximum Gasteiger partial charge on any atom is 0.336 e. The van der Waals surface area contributed by atoms with E-state index in [1.165, 1.54) is 6.07 Å². The third-order valence-electron chi connectivity index (χ3n) is 3.41. The number of carbonyl (C=O) groups excluding carboxylic acids is 1. The number of aromatic amines is 1. The van der Waals surface area contributed by atoms with Crippen LogP contribution in [0.25, 0.3) is 5.70 Å². The van der Waals surface area contributed by atoms with Crippen molar-refractivity contribution in [3.05, 3.63) is 59.2 Å². The van der Waals surface area contributed by atoms with Crippen molar-refractivity contribution in [2.75, 3.05) is 11.9 Å². The Morgan fingerprint density at radius 2 is 2.19 bits per heavy atom. The number of hydrogen-bond acceptors (Lipinski definition) is 3. The SMILES string of the molecule is CCOC(=O)C1=C(c2ccc[nH]2)Nc2c(F)cccc2C1. The summed E-state index contributed by atoms with van der Waals surface area (Å²) in [4.78, 5) is 15.2. The number of para-hydroxylation sites is 1. The molecular weight excluding hydrogens is 271 g/mol. The lowest BCUT2D eigenvalue weighted by Crippen LogP contribution is -2.20. The van der Waals surface area contributed by atoms with Crippen molar-refractivity contribution in [1.29, 1.82) is 0 Å². The highest BCUT2D eigenvalue weighted by molar-refractivity contribution is 6.02. The monoisotopic (exact) mass is 286 g/mol. The molecule has 1 aromatic carbocycles. The molecule has 0 radical (unpaired) electrons. The molecule has 2 aromatic rings. The Kier molecular flexibility index (Phi) is 3.48. The molecule has 2 heterocycles. The van der Waals surface area contributed by atoms with E-state index in [0.717, 1.165) is 11.3 Å². The Balaban J connectivity index is 2.09. The lowest BCUT2D eigenvalue weighted by molar-refractivity contribution is -0.138. The number of halogens is 1. The van der Waals surface area contributed by atoms with E-state index in [9.17, 15) is 9.18 Å². The van der Waals surface area contributed by atoms with Crippen molar-refractivity contribution in [2.45, 2.75) is 13.3 Å². The summed E-state index contributed by atoms with van der Waals surface area (Å²) < 4.78 is 19.1. The van der Waals surface area contributed by atoms with Crippen LogP contribution in [-0.2, 0) is 16.0 Å². The number of rotatable bonds is 3. The third-order valence-corrected chi connectivity index (χ3v) is 3.41. The average molecular weight is 286 g/mol. The van der Waals surface area contributed by atoms with Gasteiger partial charge in [-0.2, -0.15) is 0 Å². The Morgan fingerprint density at radius 1 is 1.33 bits per heavy atom. The summed E-state index contributed by atoms with van der Waals surface area (Å²) in [6.07, 6.45) is 2.09. The normalized spacial score (nSPS) is 13.6. The predicted octanol–water partition coefficient (Wildman–Crippen LogP) is 3.10. The van der Waals surface area contributed by atoms with Crippen LogP contribution in [0, 0.1) is 5.82 Å². The van der Waals surface area contributed by atoms with Gasteiger partial charge < -0.3 is 15.0 Å². The summed E-state index contributed by atoms with van der Waals surface area (Å²) in [5, 5.41) is 3.03. The van der Waals surface area contributed by atoms with Gasteiger partial charge in [-0.3, -0.25) is 0 Å². The van der Waals surface area contributed by atoms with Crippen LogP contribution in [0.1, 0.15) is 18.2 Å². The van der Waals surface area contributed by atoms with E-state index in [4.69, 9.17) is 4.74 Å². The number of H-pyrrole nitrogens is 1. The van der Waals surface area contributed by atoms with Gasteiger partial charge in [0.25, 0.3) is 0 Å². The predicted molar refractivity (Wildman–Crippen MR) is 78.1 cm³/mol. The highest BCUT2D eigenvalue weighted by Crippen LogP contribution is 2.34. The topological polar surface area (TPSA) is 54.1 Å². The molecule has 0 atom stereocenters. The molecule has 0 fully saturated rings. The van der Waals surface area contributed by atoms with Gasteiger partial charge in [0.2, 0.25) is 0 Å². The molecule has 5 heteroatoms. The van der Waals surface area contributed by atoms with Crippen LogP contribution < -0.4 is 5.32 Å². The molecule has 21 heavy (non-hydrogen) atoms. The molecule has 1 aromatic heterocycles. The van der Waals surface area contributed by atoms with Gasteiger partial charge in [0, 0.05) is 12.6 Å². The highest BCUT2D eigenvalue weighted by Gasteiger charge is 2.26. The lowest BCUT2D eigenvalue weighted by Gasteiger charge is -2.23. The third kappa shape index (κ3) is 2.42. The standard InChI is InChI=1S/C16H15FN2O2/c1-2-21-16(20)11-9-10-5-3-6-12(17)14(10)19-15(11)13-7-4-8-18-13/h3-8,18-19H,2,9H2,1H3. The number of carbonyl (C=O) groups is 1. The quantitative estimate of drug-likeness (QED) is 0.852. The zero-order chi connectivity index (χ0) is 14.8. The van der Waals surface area contributed by atoms with Gasteiger partial charge in [-0.15, -0.1) is 0 Å². The van der Waals surface area contributed by atoms with Gasteiger partial charge in [-0.25, -0.2) is 9.18 Å². The number of hydrogen-bond donors (Lipinski definition) is 2. The molecule has 0 aliphatic carbocycles. The second-order valence-corrected chi connectivity index (χ2v) is 4.73. The number of esters is 1. The van der Waals surface area contributed by atoms with Crippen molar-refractivity contribution >= 4 is 17.4 Å². The second-order valence-electron chi connectivity index (χ2n) is 4.73. The fourth-order valence-corrected chi connectivity index (χ4v) is 2.44. The molecule has 0 saturated heterocycles. The van der Waals surface area contributed by atoms with Crippen molar-refractivity contribution in [3.8, 4) is 0 Å². The van der Waals surface area contributed by atoms with E-state index in [1.807, 2.05) is 12.1 Å². The molecule has 0 saturated carbocycles. The van der Waals surface area contributed by atoms with Crippen LogP contribution in [0.4, 0.5) is 10.1 Å². The van der Waals surface area contributed by atoms with E-state index in [1.54, 1.807) is 25.3 Å². The second kappa shape index (κ2) is 5.44. The van der Waals surface area contributed by atoms with E-state index in [-0.39, 0.29) is 11.8 Å². The number of benzene rings is 1. The maximum absolute atomic E-state index is 14.0. The lowest BCUT2D eigenvalue weighted by atomic mass is 9.96. The minimum atomic E-state index is -0.385. The van der Waals surface area contributed by atoms with Gasteiger partial charge >= 0.3 is 5.97 Å². The molecule has 4 nitrogen and oxygen atoms in total. The van der Waals surface area contributed by atoms with Gasteiger partial charge in [0.05, 0.1) is 29.3 Å². The number of ether oxygens (including phenoxy) is 1. The summed E-state index contributed by atoms with van der Waals surface area (Å²) in [7, 11) is 0. The first kappa shape index (κ1) is 13.4. The van der Waals surface area contributed by atoms with Gasteiger partial charge in [-0.05, 0) is 30.7 Å².